The Morgan fingerprint density at radius 2 is 2.11 bits per heavy atom. The number of methoxy groups -OCH3 is 1. The molecule has 2 rings (SSSR count). The lowest BCUT2D eigenvalue weighted by Gasteiger charge is -2.18. The Balaban J connectivity index is 2.15. The first-order chi connectivity index (χ1) is 9.13. The molecule has 19 heavy (non-hydrogen) atoms. The summed E-state index contributed by atoms with van der Waals surface area (Å²) in [6.45, 7) is 0.435. The molecule has 0 saturated carbocycles. The van der Waals surface area contributed by atoms with E-state index in [0.717, 1.165) is 11.3 Å². The lowest BCUT2D eigenvalue weighted by Crippen LogP contribution is -2.26. The van der Waals surface area contributed by atoms with Crippen LogP contribution in [0.15, 0.2) is 41.0 Å². The van der Waals surface area contributed by atoms with E-state index in [9.17, 15) is 4.79 Å². The van der Waals surface area contributed by atoms with E-state index in [4.69, 9.17) is 20.8 Å². The Morgan fingerprint density at radius 3 is 2.74 bits per heavy atom. The number of amides is 1. The van der Waals surface area contributed by atoms with Gasteiger partial charge in [-0.3, -0.25) is 4.79 Å². The van der Waals surface area contributed by atoms with Crippen molar-refractivity contribution in [1.82, 2.24) is 4.90 Å². The second-order valence-electron chi connectivity index (χ2n) is 4.08. The summed E-state index contributed by atoms with van der Waals surface area (Å²) < 4.78 is 10.2. The first-order valence-electron chi connectivity index (χ1n) is 5.74. The van der Waals surface area contributed by atoms with E-state index in [1.54, 1.807) is 25.1 Å². The van der Waals surface area contributed by atoms with Gasteiger partial charge in [0.15, 0.2) is 0 Å². The van der Waals surface area contributed by atoms with Crippen LogP contribution in [-0.2, 0) is 6.54 Å². The second-order valence-corrected chi connectivity index (χ2v) is 4.42. The molecule has 0 spiro atoms. The number of rotatable bonds is 4. The Morgan fingerprint density at radius 1 is 1.37 bits per heavy atom. The zero-order valence-electron chi connectivity index (χ0n) is 10.7. The Labute approximate surface area is 116 Å². The molecule has 0 N–H and O–H groups in total. The number of para-hydroxylation sites is 1. The van der Waals surface area contributed by atoms with Crippen LogP contribution in [0, 0.1) is 0 Å². The summed E-state index contributed by atoms with van der Waals surface area (Å²) >= 11 is 5.80. The minimum absolute atomic E-state index is 0.108. The molecule has 0 unspecified atom stereocenters. The first kappa shape index (κ1) is 13.5. The Kier molecular flexibility index (Phi) is 4.12. The van der Waals surface area contributed by atoms with E-state index in [-0.39, 0.29) is 11.1 Å². The van der Waals surface area contributed by atoms with Crippen molar-refractivity contribution < 1.29 is 13.9 Å². The van der Waals surface area contributed by atoms with Crippen LogP contribution in [0.25, 0.3) is 0 Å². The van der Waals surface area contributed by atoms with Crippen molar-refractivity contribution in [3.63, 3.8) is 0 Å². The third kappa shape index (κ3) is 2.90. The molecule has 0 aliphatic heterocycles. The average Bonchev–Trinajstić information content (AvgIpc) is 2.84. The molecule has 1 aromatic heterocycles. The number of hydrogen-bond acceptors (Lipinski definition) is 3. The van der Waals surface area contributed by atoms with Gasteiger partial charge in [0.25, 0.3) is 5.91 Å². The molecule has 0 aliphatic carbocycles. The molecule has 1 amide bonds. The molecular weight excluding hydrogens is 266 g/mol. The van der Waals surface area contributed by atoms with Gasteiger partial charge in [-0.2, -0.15) is 0 Å². The highest BCUT2D eigenvalue weighted by atomic mass is 35.5. The quantitative estimate of drug-likeness (QED) is 0.863. The van der Waals surface area contributed by atoms with Crippen molar-refractivity contribution in [3.05, 3.63) is 52.9 Å². The highest BCUT2D eigenvalue weighted by molar-refractivity contribution is 6.32. The van der Waals surface area contributed by atoms with Crippen LogP contribution in [0.1, 0.15) is 15.9 Å². The SMILES string of the molecule is COc1ccccc1CN(C)C(=O)c1ccoc1Cl. The van der Waals surface area contributed by atoms with E-state index >= 15 is 0 Å². The van der Waals surface area contributed by atoms with Gasteiger partial charge in [-0.15, -0.1) is 0 Å². The summed E-state index contributed by atoms with van der Waals surface area (Å²) in [6.07, 6.45) is 1.40. The van der Waals surface area contributed by atoms with Gasteiger partial charge in [-0.1, -0.05) is 18.2 Å². The van der Waals surface area contributed by atoms with E-state index in [2.05, 4.69) is 0 Å². The first-order valence-corrected chi connectivity index (χ1v) is 6.11. The van der Waals surface area contributed by atoms with Crippen LogP contribution >= 0.6 is 11.6 Å². The lowest BCUT2D eigenvalue weighted by molar-refractivity contribution is 0.0783. The molecule has 100 valence electrons. The number of carbonyl (C=O) groups is 1. The van der Waals surface area contributed by atoms with E-state index in [1.165, 1.54) is 6.26 Å². The molecule has 1 aromatic carbocycles. The van der Waals surface area contributed by atoms with Gasteiger partial charge in [0.1, 0.15) is 5.75 Å². The summed E-state index contributed by atoms with van der Waals surface area (Å²) in [7, 11) is 3.31. The monoisotopic (exact) mass is 279 g/mol. The van der Waals surface area contributed by atoms with Gasteiger partial charge in [-0.25, -0.2) is 0 Å². The van der Waals surface area contributed by atoms with Gasteiger partial charge in [0, 0.05) is 19.2 Å². The van der Waals surface area contributed by atoms with Crippen molar-refractivity contribution in [2.45, 2.75) is 6.54 Å². The Bertz CT molecular complexity index is 580. The van der Waals surface area contributed by atoms with Gasteiger partial charge in [0.05, 0.1) is 18.9 Å². The fourth-order valence-electron chi connectivity index (χ4n) is 1.81. The van der Waals surface area contributed by atoms with Crippen molar-refractivity contribution in [2.75, 3.05) is 14.2 Å². The summed E-state index contributed by atoms with van der Waals surface area (Å²) in [6, 6.07) is 9.12. The zero-order chi connectivity index (χ0) is 13.8. The van der Waals surface area contributed by atoms with Crippen molar-refractivity contribution in [1.29, 1.82) is 0 Å². The molecule has 5 heteroatoms. The highest BCUT2D eigenvalue weighted by Gasteiger charge is 2.18. The van der Waals surface area contributed by atoms with Crippen LogP contribution in [0.5, 0.6) is 5.75 Å². The molecular formula is C14H14ClNO3. The smallest absolute Gasteiger partial charge is 0.258 e. The fraction of sp³-hybridized carbons (Fsp3) is 0.214. The number of ether oxygens (including phenoxy) is 1. The summed E-state index contributed by atoms with van der Waals surface area (Å²) in [5.41, 5.74) is 1.29. The maximum atomic E-state index is 12.2. The van der Waals surface area contributed by atoms with Crippen molar-refractivity contribution in [3.8, 4) is 5.75 Å². The predicted molar refractivity (Wildman–Crippen MR) is 72.5 cm³/mol. The van der Waals surface area contributed by atoms with E-state index < -0.39 is 0 Å². The second kappa shape index (κ2) is 5.80. The molecule has 0 aliphatic rings. The van der Waals surface area contributed by atoms with Crippen molar-refractivity contribution in [2.24, 2.45) is 0 Å². The topological polar surface area (TPSA) is 42.7 Å². The molecule has 1 heterocycles. The predicted octanol–water partition coefficient (Wildman–Crippen LogP) is 3.21. The molecule has 0 atom stereocenters. The van der Waals surface area contributed by atoms with Crippen LogP contribution in [0.2, 0.25) is 5.22 Å². The maximum Gasteiger partial charge on any atom is 0.258 e. The van der Waals surface area contributed by atoms with Gasteiger partial charge < -0.3 is 14.1 Å². The van der Waals surface area contributed by atoms with E-state index in [1.807, 2.05) is 24.3 Å². The largest absolute Gasteiger partial charge is 0.496 e. The molecule has 0 saturated heterocycles. The lowest BCUT2D eigenvalue weighted by atomic mass is 10.2. The number of benzene rings is 1. The summed E-state index contributed by atoms with van der Waals surface area (Å²) in [4.78, 5) is 13.7. The molecule has 4 nitrogen and oxygen atoms in total. The number of hydrogen-bond donors (Lipinski definition) is 0. The van der Waals surface area contributed by atoms with Crippen LogP contribution in [0.3, 0.4) is 0 Å². The van der Waals surface area contributed by atoms with Gasteiger partial charge >= 0.3 is 0 Å². The molecule has 0 bridgehead atoms. The Hall–Kier alpha value is -1.94. The minimum atomic E-state index is -0.190. The number of nitrogens with zero attached hydrogens (tertiary/aromatic N) is 1. The third-order valence-electron chi connectivity index (χ3n) is 2.80. The number of carbonyl (C=O) groups excluding carboxylic acids is 1. The normalized spacial score (nSPS) is 10.3. The van der Waals surface area contributed by atoms with Gasteiger partial charge in [-0.05, 0) is 23.7 Å². The molecule has 2 aromatic rings. The van der Waals surface area contributed by atoms with Gasteiger partial charge in [0.2, 0.25) is 5.22 Å². The highest BCUT2D eigenvalue weighted by Crippen LogP contribution is 2.22. The van der Waals surface area contributed by atoms with Crippen LogP contribution in [-0.4, -0.2) is 25.0 Å². The summed E-state index contributed by atoms with van der Waals surface area (Å²) in [5.74, 6) is 0.560. The summed E-state index contributed by atoms with van der Waals surface area (Å²) in [5, 5.41) is 0.108. The molecule has 0 radical (unpaired) electrons. The number of furan rings is 1. The standard InChI is InChI=1S/C14H14ClNO3/c1-16(14(17)11-7-8-19-13(11)15)9-10-5-3-4-6-12(10)18-2/h3-8H,9H2,1-2H3. The zero-order valence-corrected chi connectivity index (χ0v) is 11.5. The van der Waals surface area contributed by atoms with E-state index in [0.29, 0.717) is 12.1 Å². The van der Waals surface area contributed by atoms with Crippen molar-refractivity contribution >= 4 is 17.5 Å². The van der Waals surface area contributed by atoms with Crippen LogP contribution in [0.4, 0.5) is 0 Å². The maximum absolute atomic E-state index is 12.2. The average molecular weight is 280 g/mol. The molecule has 0 fully saturated rings. The minimum Gasteiger partial charge on any atom is -0.496 e. The van der Waals surface area contributed by atoms with Crippen LogP contribution < -0.4 is 4.74 Å². The number of halogens is 1. The fourth-order valence-corrected chi connectivity index (χ4v) is 2.01. The third-order valence-corrected chi connectivity index (χ3v) is 3.09.